The average Bonchev–Trinajstić information content (AvgIpc) is 2.35. The molecule has 0 atom stereocenters. The van der Waals surface area contributed by atoms with Crippen molar-refractivity contribution in [3.05, 3.63) is 53.6 Å². The maximum absolute atomic E-state index is 13.6. The predicted molar refractivity (Wildman–Crippen MR) is 72.8 cm³/mol. The summed E-state index contributed by atoms with van der Waals surface area (Å²) < 4.78 is 53.3. The number of nitrogens with one attached hydrogen (secondary N) is 1. The van der Waals surface area contributed by atoms with Crippen LogP contribution in [0.3, 0.4) is 0 Å². The number of nitrogens with two attached hydrogens (primary N) is 1. The molecule has 0 aromatic heterocycles. The van der Waals surface area contributed by atoms with E-state index in [2.05, 4.69) is 0 Å². The van der Waals surface area contributed by atoms with E-state index in [0.29, 0.717) is 5.56 Å². The van der Waals surface area contributed by atoms with Crippen molar-refractivity contribution in [2.45, 2.75) is 11.8 Å². The van der Waals surface area contributed by atoms with Crippen LogP contribution in [0.4, 0.5) is 20.2 Å². The molecule has 0 radical (unpaired) electrons. The Morgan fingerprint density at radius 2 is 1.75 bits per heavy atom. The highest BCUT2D eigenvalue weighted by Gasteiger charge is 2.20. The van der Waals surface area contributed by atoms with Crippen LogP contribution < -0.4 is 10.5 Å². The monoisotopic (exact) mass is 298 g/mol. The number of anilines is 2. The van der Waals surface area contributed by atoms with Crippen molar-refractivity contribution in [3.63, 3.8) is 0 Å². The number of benzene rings is 2. The van der Waals surface area contributed by atoms with Crippen LogP contribution in [0.5, 0.6) is 0 Å². The highest BCUT2D eigenvalue weighted by molar-refractivity contribution is 7.92. The van der Waals surface area contributed by atoms with Gasteiger partial charge < -0.3 is 5.73 Å². The third-order valence-corrected chi connectivity index (χ3v) is 3.99. The summed E-state index contributed by atoms with van der Waals surface area (Å²) in [5, 5.41) is 0. The summed E-state index contributed by atoms with van der Waals surface area (Å²) in [6, 6.07) is 7.14. The zero-order valence-electron chi connectivity index (χ0n) is 10.5. The second-order valence-electron chi connectivity index (χ2n) is 4.28. The van der Waals surface area contributed by atoms with Crippen LogP contribution in [0.2, 0.25) is 0 Å². The van der Waals surface area contributed by atoms with Gasteiger partial charge in [0.25, 0.3) is 10.0 Å². The SMILES string of the molecule is Cc1ccc(NS(=O)(=O)c2cc(N)ccc2F)c(F)c1. The molecule has 0 saturated heterocycles. The summed E-state index contributed by atoms with van der Waals surface area (Å²) in [5.74, 6) is -1.70. The van der Waals surface area contributed by atoms with Crippen molar-refractivity contribution in [1.82, 2.24) is 0 Å². The Labute approximate surface area is 115 Å². The fourth-order valence-corrected chi connectivity index (χ4v) is 2.81. The summed E-state index contributed by atoms with van der Waals surface area (Å²) in [7, 11) is -4.25. The fraction of sp³-hybridized carbons (Fsp3) is 0.0769. The number of sulfonamides is 1. The molecule has 0 bridgehead atoms. The molecule has 2 aromatic rings. The Morgan fingerprint density at radius 3 is 2.40 bits per heavy atom. The molecule has 0 heterocycles. The van der Waals surface area contributed by atoms with E-state index < -0.39 is 26.6 Å². The van der Waals surface area contributed by atoms with Crippen molar-refractivity contribution >= 4 is 21.4 Å². The Morgan fingerprint density at radius 1 is 1.05 bits per heavy atom. The summed E-state index contributed by atoms with van der Waals surface area (Å²) in [6.45, 7) is 1.67. The fourth-order valence-electron chi connectivity index (χ4n) is 1.63. The molecule has 2 aromatic carbocycles. The van der Waals surface area contributed by atoms with Crippen molar-refractivity contribution in [2.24, 2.45) is 0 Å². The van der Waals surface area contributed by atoms with E-state index in [0.717, 1.165) is 12.1 Å². The normalized spacial score (nSPS) is 11.3. The van der Waals surface area contributed by atoms with Gasteiger partial charge >= 0.3 is 0 Å². The summed E-state index contributed by atoms with van der Waals surface area (Å²) in [6.07, 6.45) is 0. The van der Waals surface area contributed by atoms with Gasteiger partial charge in [-0.05, 0) is 42.8 Å². The standard InChI is InChI=1S/C13H12F2N2O2S/c1-8-2-5-12(11(15)6-8)17-20(18,19)13-7-9(16)3-4-10(13)14/h2-7,17H,16H2,1H3. The Hall–Kier alpha value is -2.15. The van der Waals surface area contributed by atoms with Crippen molar-refractivity contribution in [2.75, 3.05) is 10.5 Å². The lowest BCUT2D eigenvalue weighted by atomic mass is 10.2. The van der Waals surface area contributed by atoms with Gasteiger partial charge in [0, 0.05) is 5.69 Å². The first-order valence-corrected chi connectivity index (χ1v) is 7.12. The molecule has 0 spiro atoms. The molecule has 0 saturated carbocycles. The number of hydrogen-bond donors (Lipinski definition) is 2. The van der Waals surface area contributed by atoms with E-state index in [1.54, 1.807) is 6.92 Å². The van der Waals surface area contributed by atoms with Crippen molar-refractivity contribution < 1.29 is 17.2 Å². The molecule has 0 unspecified atom stereocenters. The van der Waals surface area contributed by atoms with Gasteiger partial charge in [-0.1, -0.05) is 6.07 Å². The van der Waals surface area contributed by atoms with Crippen LogP contribution in [0.1, 0.15) is 5.56 Å². The van der Waals surface area contributed by atoms with E-state index in [9.17, 15) is 17.2 Å². The number of hydrogen-bond acceptors (Lipinski definition) is 3. The lowest BCUT2D eigenvalue weighted by molar-refractivity contribution is 0.569. The number of aryl methyl sites for hydroxylation is 1. The summed E-state index contributed by atoms with van der Waals surface area (Å²) in [4.78, 5) is -0.627. The van der Waals surface area contributed by atoms with Crippen LogP contribution in [0.15, 0.2) is 41.3 Å². The molecule has 0 amide bonds. The lowest BCUT2D eigenvalue weighted by Crippen LogP contribution is -2.16. The van der Waals surface area contributed by atoms with Gasteiger partial charge in [0.2, 0.25) is 0 Å². The van der Waals surface area contributed by atoms with Gasteiger partial charge in [-0.25, -0.2) is 17.2 Å². The Balaban J connectivity index is 2.43. The number of rotatable bonds is 3. The molecule has 0 fully saturated rings. The van der Waals surface area contributed by atoms with E-state index in [4.69, 9.17) is 5.73 Å². The smallest absolute Gasteiger partial charge is 0.264 e. The van der Waals surface area contributed by atoms with Gasteiger partial charge in [-0.2, -0.15) is 0 Å². The highest BCUT2D eigenvalue weighted by Crippen LogP contribution is 2.23. The van der Waals surface area contributed by atoms with Crippen LogP contribution in [-0.2, 0) is 10.0 Å². The zero-order valence-corrected chi connectivity index (χ0v) is 11.3. The predicted octanol–water partition coefficient (Wildman–Crippen LogP) is 2.66. The minimum absolute atomic E-state index is 0.0937. The van der Waals surface area contributed by atoms with Gasteiger partial charge in [0.15, 0.2) is 0 Å². The van der Waals surface area contributed by atoms with Gasteiger partial charge in [0.1, 0.15) is 16.5 Å². The average molecular weight is 298 g/mol. The molecule has 2 rings (SSSR count). The van der Waals surface area contributed by atoms with E-state index >= 15 is 0 Å². The first kappa shape index (κ1) is 14.3. The van der Waals surface area contributed by atoms with Crippen LogP contribution in [0, 0.1) is 18.6 Å². The molecular weight excluding hydrogens is 286 g/mol. The first-order chi connectivity index (χ1) is 9.29. The second kappa shape index (κ2) is 5.09. The second-order valence-corrected chi connectivity index (χ2v) is 5.93. The lowest BCUT2D eigenvalue weighted by Gasteiger charge is -2.10. The summed E-state index contributed by atoms with van der Waals surface area (Å²) >= 11 is 0. The highest BCUT2D eigenvalue weighted by atomic mass is 32.2. The van der Waals surface area contributed by atoms with Gasteiger partial charge in [0.05, 0.1) is 5.69 Å². The van der Waals surface area contributed by atoms with Crippen LogP contribution >= 0.6 is 0 Å². The zero-order chi connectivity index (χ0) is 14.9. The molecule has 106 valence electrons. The molecule has 4 nitrogen and oxygen atoms in total. The number of halogens is 2. The molecule has 20 heavy (non-hydrogen) atoms. The maximum atomic E-state index is 13.6. The molecule has 0 aliphatic heterocycles. The van der Waals surface area contributed by atoms with Gasteiger partial charge in [-0.15, -0.1) is 0 Å². The minimum Gasteiger partial charge on any atom is -0.399 e. The summed E-state index contributed by atoms with van der Waals surface area (Å²) in [5.41, 5.74) is 5.92. The third kappa shape index (κ3) is 2.88. The molecular formula is C13H12F2N2O2S. The largest absolute Gasteiger partial charge is 0.399 e. The van der Waals surface area contributed by atoms with E-state index in [-0.39, 0.29) is 11.4 Å². The molecule has 0 aliphatic rings. The maximum Gasteiger partial charge on any atom is 0.264 e. The van der Waals surface area contributed by atoms with Crippen molar-refractivity contribution in [3.8, 4) is 0 Å². The first-order valence-electron chi connectivity index (χ1n) is 5.63. The quantitative estimate of drug-likeness (QED) is 0.856. The minimum atomic E-state index is -4.25. The molecule has 7 heteroatoms. The van der Waals surface area contributed by atoms with Crippen molar-refractivity contribution in [1.29, 1.82) is 0 Å². The van der Waals surface area contributed by atoms with E-state index in [1.165, 1.54) is 24.3 Å². The Kier molecular flexibility index (Phi) is 3.63. The topological polar surface area (TPSA) is 72.2 Å². The Bertz CT molecular complexity index is 761. The van der Waals surface area contributed by atoms with Gasteiger partial charge in [-0.3, -0.25) is 4.72 Å². The third-order valence-electron chi connectivity index (χ3n) is 2.61. The van der Waals surface area contributed by atoms with Crippen LogP contribution in [0.25, 0.3) is 0 Å². The molecule has 0 aliphatic carbocycles. The molecule has 3 N–H and O–H groups in total. The van der Waals surface area contributed by atoms with Crippen LogP contribution in [-0.4, -0.2) is 8.42 Å². The van der Waals surface area contributed by atoms with E-state index in [1.807, 2.05) is 4.72 Å². The number of nitrogen functional groups attached to an aromatic ring is 1.